The number of likely N-dealkylation sites (N-methyl/N-ethyl adjacent to an activating group) is 1. The van der Waals surface area contributed by atoms with Crippen LogP contribution in [0.15, 0.2) is 35.3 Å². The molecule has 5 nitrogen and oxygen atoms in total. The zero-order chi connectivity index (χ0) is 18.4. The molecule has 0 aliphatic carbocycles. The monoisotopic (exact) mass is 345 g/mol. The van der Waals surface area contributed by atoms with Crippen LogP contribution in [0, 0.1) is 5.92 Å². The SMILES string of the molecule is CN=C(NCC(C)N(C)c1ccccc1)NC1CN(C(C)C)CC1C. The third-order valence-corrected chi connectivity index (χ3v) is 5.31. The second-order valence-electron chi connectivity index (χ2n) is 7.52. The van der Waals surface area contributed by atoms with Gasteiger partial charge in [-0.15, -0.1) is 0 Å². The molecule has 0 amide bonds. The van der Waals surface area contributed by atoms with Gasteiger partial charge in [0, 0.05) is 57.5 Å². The van der Waals surface area contributed by atoms with E-state index in [1.807, 2.05) is 7.05 Å². The minimum atomic E-state index is 0.370. The summed E-state index contributed by atoms with van der Waals surface area (Å²) in [5, 5.41) is 7.10. The van der Waals surface area contributed by atoms with Gasteiger partial charge in [0.25, 0.3) is 0 Å². The minimum Gasteiger partial charge on any atom is -0.370 e. The van der Waals surface area contributed by atoms with Crippen molar-refractivity contribution in [2.75, 3.05) is 38.6 Å². The normalized spacial score (nSPS) is 22.9. The molecule has 25 heavy (non-hydrogen) atoms. The number of nitrogens with one attached hydrogen (secondary N) is 2. The Balaban J connectivity index is 1.84. The first-order valence-electron chi connectivity index (χ1n) is 9.41. The van der Waals surface area contributed by atoms with Crippen LogP contribution in [0.3, 0.4) is 0 Å². The van der Waals surface area contributed by atoms with Crippen LogP contribution in [0.2, 0.25) is 0 Å². The van der Waals surface area contributed by atoms with E-state index in [-0.39, 0.29) is 0 Å². The molecule has 1 aromatic carbocycles. The third kappa shape index (κ3) is 5.36. The van der Waals surface area contributed by atoms with Crippen molar-refractivity contribution in [3.05, 3.63) is 30.3 Å². The number of likely N-dealkylation sites (tertiary alicyclic amines) is 1. The topological polar surface area (TPSA) is 42.9 Å². The summed E-state index contributed by atoms with van der Waals surface area (Å²) in [6, 6.07) is 11.9. The van der Waals surface area contributed by atoms with Crippen LogP contribution < -0.4 is 15.5 Å². The number of anilines is 1. The molecule has 2 N–H and O–H groups in total. The van der Waals surface area contributed by atoms with E-state index in [1.165, 1.54) is 5.69 Å². The Labute approximate surface area is 153 Å². The van der Waals surface area contributed by atoms with E-state index in [0.717, 1.165) is 25.6 Å². The van der Waals surface area contributed by atoms with Crippen molar-refractivity contribution < 1.29 is 0 Å². The van der Waals surface area contributed by atoms with Crippen LogP contribution in [-0.4, -0.2) is 62.7 Å². The maximum atomic E-state index is 4.42. The Morgan fingerprint density at radius 3 is 2.48 bits per heavy atom. The smallest absolute Gasteiger partial charge is 0.191 e. The van der Waals surface area contributed by atoms with E-state index in [2.05, 4.69) is 90.5 Å². The van der Waals surface area contributed by atoms with Crippen LogP contribution in [0.4, 0.5) is 5.69 Å². The molecule has 1 aromatic rings. The first-order chi connectivity index (χ1) is 11.9. The maximum Gasteiger partial charge on any atom is 0.191 e. The van der Waals surface area contributed by atoms with Crippen molar-refractivity contribution in [1.29, 1.82) is 0 Å². The number of benzene rings is 1. The zero-order valence-electron chi connectivity index (χ0n) is 16.7. The van der Waals surface area contributed by atoms with Crippen LogP contribution in [0.25, 0.3) is 0 Å². The van der Waals surface area contributed by atoms with E-state index in [4.69, 9.17) is 0 Å². The standard InChI is InChI=1S/C20H35N5/c1-15(2)25-13-16(3)19(14-25)23-20(21-5)22-12-17(4)24(6)18-10-8-7-9-11-18/h7-11,15-17,19H,12-14H2,1-6H3,(H2,21,22,23). The third-order valence-electron chi connectivity index (χ3n) is 5.31. The molecule has 1 fully saturated rings. The average molecular weight is 346 g/mol. The second-order valence-corrected chi connectivity index (χ2v) is 7.52. The van der Waals surface area contributed by atoms with Gasteiger partial charge >= 0.3 is 0 Å². The molecule has 1 aliphatic rings. The lowest BCUT2D eigenvalue weighted by Gasteiger charge is -2.28. The molecule has 2 rings (SSSR count). The molecule has 0 spiro atoms. The molecule has 140 valence electrons. The summed E-state index contributed by atoms with van der Waals surface area (Å²) >= 11 is 0. The lowest BCUT2D eigenvalue weighted by atomic mass is 10.1. The van der Waals surface area contributed by atoms with E-state index in [1.54, 1.807) is 0 Å². The van der Waals surface area contributed by atoms with Crippen LogP contribution >= 0.6 is 0 Å². The number of hydrogen-bond acceptors (Lipinski definition) is 3. The van der Waals surface area contributed by atoms with Gasteiger partial charge in [-0.3, -0.25) is 9.89 Å². The lowest BCUT2D eigenvalue weighted by molar-refractivity contribution is 0.265. The van der Waals surface area contributed by atoms with Gasteiger partial charge in [0.15, 0.2) is 5.96 Å². The van der Waals surface area contributed by atoms with Crippen molar-refractivity contribution in [2.24, 2.45) is 10.9 Å². The number of nitrogens with zero attached hydrogens (tertiary/aromatic N) is 3. The Bertz CT molecular complexity index is 542. The van der Waals surface area contributed by atoms with E-state index < -0.39 is 0 Å². The Kier molecular flexibility index (Phi) is 7.12. The van der Waals surface area contributed by atoms with Crippen molar-refractivity contribution >= 4 is 11.6 Å². The average Bonchev–Trinajstić information content (AvgIpc) is 2.99. The number of aliphatic imine (C=N–C) groups is 1. The van der Waals surface area contributed by atoms with Gasteiger partial charge in [-0.25, -0.2) is 0 Å². The molecule has 3 unspecified atom stereocenters. The summed E-state index contributed by atoms with van der Waals surface area (Å²) in [5.41, 5.74) is 1.23. The molecule has 0 saturated carbocycles. The summed E-state index contributed by atoms with van der Waals surface area (Å²) < 4.78 is 0. The highest BCUT2D eigenvalue weighted by Crippen LogP contribution is 2.18. The summed E-state index contributed by atoms with van der Waals surface area (Å²) in [7, 11) is 3.98. The van der Waals surface area contributed by atoms with Crippen molar-refractivity contribution in [2.45, 2.75) is 45.8 Å². The van der Waals surface area contributed by atoms with Gasteiger partial charge in [-0.1, -0.05) is 25.1 Å². The summed E-state index contributed by atoms with van der Waals surface area (Å²) in [6.07, 6.45) is 0. The van der Waals surface area contributed by atoms with Gasteiger partial charge in [-0.2, -0.15) is 0 Å². The molecular weight excluding hydrogens is 310 g/mol. The van der Waals surface area contributed by atoms with Gasteiger partial charge in [0.05, 0.1) is 0 Å². The van der Waals surface area contributed by atoms with Crippen LogP contribution in [0.5, 0.6) is 0 Å². The molecular formula is C20H35N5. The van der Waals surface area contributed by atoms with Crippen LogP contribution in [-0.2, 0) is 0 Å². The van der Waals surface area contributed by atoms with Crippen LogP contribution in [0.1, 0.15) is 27.7 Å². The number of rotatable bonds is 6. The number of hydrogen-bond donors (Lipinski definition) is 2. The summed E-state index contributed by atoms with van der Waals surface area (Å²) in [5.74, 6) is 1.53. The predicted octanol–water partition coefficient (Wildman–Crippen LogP) is 2.41. The lowest BCUT2D eigenvalue weighted by Crippen LogP contribution is -2.50. The molecule has 0 bridgehead atoms. The van der Waals surface area contributed by atoms with Crippen molar-refractivity contribution in [3.8, 4) is 0 Å². The van der Waals surface area contributed by atoms with Crippen molar-refractivity contribution in [1.82, 2.24) is 15.5 Å². The van der Waals surface area contributed by atoms with Gasteiger partial charge < -0.3 is 15.5 Å². The zero-order valence-corrected chi connectivity index (χ0v) is 16.7. The molecule has 0 radical (unpaired) electrons. The molecule has 1 heterocycles. The number of guanidine groups is 1. The molecule has 0 aromatic heterocycles. The highest BCUT2D eigenvalue weighted by atomic mass is 15.3. The second kappa shape index (κ2) is 9.09. The molecule has 5 heteroatoms. The Morgan fingerprint density at radius 2 is 1.92 bits per heavy atom. The maximum absolute atomic E-state index is 4.42. The van der Waals surface area contributed by atoms with Gasteiger partial charge in [0.2, 0.25) is 0 Å². The summed E-state index contributed by atoms with van der Waals surface area (Å²) in [6.45, 7) is 12.2. The van der Waals surface area contributed by atoms with Gasteiger partial charge in [-0.05, 0) is 38.8 Å². The van der Waals surface area contributed by atoms with E-state index in [0.29, 0.717) is 24.0 Å². The highest BCUT2D eigenvalue weighted by Gasteiger charge is 2.31. The Hall–Kier alpha value is -1.75. The molecule has 1 aliphatic heterocycles. The summed E-state index contributed by atoms with van der Waals surface area (Å²) in [4.78, 5) is 9.24. The predicted molar refractivity (Wildman–Crippen MR) is 108 cm³/mol. The Morgan fingerprint density at radius 1 is 1.24 bits per heavy atom. The quantitative estimate of drug-likeness (QED) is 0.614. The number of para-hydroxylation sites is 1. The molecule has 1 saturated heterocycles. The van der Waals surface area contributed by atoms with Crippen molar-refractivity contribution in [3.63, 3.8) is 0 Å². The van der Waals surface area contributed by atoms with E-state index >= 15 is 0 Å². The molecule has 3 atom stereocenters. The van der Waals surface area contributed by atoms with E-state index in [9.17, 15) is 0 Å². The highest BCUT2D eigenvalue weighted by molar-refractivity contribution is 5.80. The minimum absolute atomic E-state index is 0.370. The fourth-order valence-corrected chi connectivity index (χ4v) is 3.28. The largest absolute Gasteiger partial charge is 0.370 e. The first-order valence-corrected chi connectivity index (χ1v) is 9.41. The fourth-order valence-electron chi connectivity index (χ4n) is 3.28. The van der Waals surface area contributed by atoms with Gasteiger partial charge in [0.1, 0.15) is 0 Å². The fraction of sp³-hybridized carbons (Fsp3) is 0.650. The first kappa shape index (κ1) is 19.6.